The molecule has 0 saturated heterocycles. The van der Waals surface area contributed by atoms with E-state index in [9.17, 15) is 12.8 Å². The van der Waals surface area contributed by atoms with Crippen LogP contribution in [0.2, 0.25) is 5.02 Å². The van der Waals surface area contributed by atoms with E-state index in [-0.39, 0.29) is 22.6 Å². The van der Waals surface area contributed by atoms with Crippen molar-refractivity contribution in [2.45, 2.75) is 25.6 Å². The molecule has 162 valence electrons. The van der Waals surface area contributed by atoms with Crippen molar-refractivity contribution in [2.24, 2.45) is 10.1 Å². The van der Waals surface area contributed by atoms with Crippen molar-refractivity contribution in [2.75, 3.05) is 19.3 Å². The van der Waals surface area contributed by atoms with Crippen molar-refractivity contribution in [3.63, 3.8) is 0 Å². The smallest absolute Gasteiger partial charge is 0.154 e. The van der Waals surface area contributed by atoms with Crippen LogP contribution < -0.4 is 0 Å². The highest BCUT2D eigenvalue weighted by molar-refractivity contribution is 7.90. The van der Waals surface area contributed by atoms with Gasteiger partial charge in [0.2, 0.25) is 0 Å². The number of hydrogen-bond acceptors (Lipinski definition) is 5. The molecular weight excluding hydrogens is 437 g/mol. The highest BCUT2D eigenvalue weighted by Gasteiger charge is 2.29. The molecule has 0 aromatic heterocycles. The van der Waals surface area contributed by atoms with Gasteiger partial charge in [0, 0.05) is 35.1 Å². The van der Waals surface area contributed by atoms with Crippen LogP contribution >= 0.6 is 11.6 Å². The number of likely N-dealkylation sites (N-methyl/N-ethyl adjacent to an activating group) is 1. The second-order valence-electron chi connectivity index (χ2n) is 7.78. The van der Waals surface area contributed by atoms with Gasteiger partial charge in [0.15, 0.2) is 9.84 Å². The molecule has 4 rings (SSSR count). The van der Waals surface area contributed by atoms with Crippen molar-refractivity contribution in [3.05, 3.63) is 81.1 Å². The first kappa shape index (κ1) is 21.7. The minimum atomic E-state index is -3.19. The number of fused-ring (bicyclic) bond motifs is 3. The second kappa shape index (κ2) is 8.20. The normalized spacial score (nSPS) is 18.4. The number of hydrogen-bond donors (Lipinski definition) is 0. The largest absolute Gasteiger partial charge is 0.296 e. The molecule has 0 saturated carbocycles. The number of sulfone groups is 1. The predicted octanol–water partition coefficient (Wildman–Crippen LogP) is 4.23. The predicted molar refractivity (Wildman–Crippen MR) is 123 cm³/mol. The zero-order chi connectivity index (χ0) is 22.3. The van der Waals surface area contributed by atoms with E-state index in [1.807, 2.05) is 31.1 Å². The van der Waals surface area contributed by atoms with Crippen LogP contribution in [-0.2, 0) is 15.6 Å². The minimum Gasteiger partial charge on any atom is -0.296 e. The molecule has 0 amide bonds. The van der Waals surface area contributed by atoms with Gasteiger partial charge in [0.25, 0.3) is 0 Å². The molecule has 2 aliphatic heterocycles. The SMILES string of the molecule is CCS(=O)(=O)Cc1ccc2c(c1)C1=NN(C)CC=C1C(C)N=C2c1ccc(F)cc1Cl. The number of rotatable bonds is 4. The Hall–Kier alpha value is -2.51. The monoisotopic (exact) mass is 459 g/mol. The van der Waals surface area contributed by atoms with E-state index in [2.05, 4.69) is 6.08 Å². The summed E-state index contributed by atoms with van der Waals surface area (Å²) in [6.45, 7) is 4.28. The van der Waals surface area contributed by atoms with Crippen molar-refractivity contribution >= 4 is 32.9 Å². The lowest BCUT2D eigenvalue weighted by Gasteiger charge is -2.23. The summed E-state index contributed by atoms with van der Waals surface area (Å²) in [7, 11) is -1.31. The minimum absolute atomic E-state index is 0.0434. The van der Waals surface area contributed by atoms with Crippen LogP contribution in [-0.4, -0.2) is 50.2 Å². The molecule has 1 atom stereocenters. The van der Waals surface area contributed by atoms with Gasteiger partial charge in [-0.1, -0.05) is 36.7 Å². The van der Waals surface area contributed by atoms with E-state index in [1.54, 1.807) is 19.1 Å². The Labute approximate surface area is 186 Å². The van der Waals surface area contributed by atoms with E-state index >= 15 is 0 Å². The van der Waals surface area contributed by atoms with Crippen LogP contribution in [0, 0.1) is 5.82 Å². The van der Waals surface area contributed by atoms with Gasteiger partial charge in [-0.25, -0.2) is 12.8 Å². The van der Waals surface area contributed by atoms with E-state index < -0.39 is 15.7 Å². The molecule has 0 N–H and O–H groups in total. The van der Waals surface area contributed by atoms with Crippen LogP contribution in [0.15, 0.2) is 58.1 Å². The maximum absolute atomic E-state index is 13.7. The third kappa shape index (κ3) is 4.29. The van der Waals surface area contributed by atoms with Crippen LogP contribution in [0.3, 0.4) is 0 Å². The number of benzene rings is 2. The van der Waals surface area contributed by atoms with Crippen LogP contribution in [0.25, 0.3) is 0 Å². The van der Waals surface area contributed by atoms with Crippen LogP contribution in [0.4, 0.5) is 4.39 Å². The summed E-state index contributed by atoms with van der Waals surface area (Å²) in [5.41, 5.74) is 5.28. The van der Waals surface area contributed by atoms with Crippen LogP contribution in [0.1, 0.15) is 36.1 Å². The van der Waals surface area contributed by atoms with Crippen LogP contribution in [0.5, 0.6) is 0 Å². The lowest BCUT2D eigenvalue weighted by molar-refractivity contribution is 0.388. The van der Waals surface area contributed by atoms with E-state index in [0.717, 1.165) is 22.4 Å². The fraction of sp³-hybridized carbons (Fsp3) is 0.304. The Kier molecular flexibility index (Phi) is 5.75. The Morgan fingerprint density at radius 3 is 2.58 bits per heavy atom. The zero-order valence-corrected chi connectivity index (χ0v) is 19.1. The molecule has 0 fully saturated rings. The molecule has 2 aliphatic rings. The molecule has 0 radical (unpaired) electrons. The molecule has 1 unspecified atom stereocenters. The number of nitrogens with zero attached hydrogens (tertiary/aromatic N) is 3. The Morgan fingerprint density at radius 1 is 1.13 bits per heavy atom. The lowest BCUT2D eigenvalue weighted by atomic mass is 9.90. The van der Waals surface area contributed by atoms with Gasteiger partial charge in [-0.3, -0.25) is 10.0 Å². The Balaban J connectivity index is 1.96. The Morgan fingerprint density at radius 2 is 1.87 bits per heavy atom. The average Bonchev–Trinajstić information content (AvgIpc) is 2.82. The first-order valence-electron chi connectivity index (χ1n) is 10.1. The molecule has 0 aliphatic carbocycles. The lowest BCUT2D eigenvalue weighted by Crippen LogP contribution is -2.26. The maximum atomic E-state index is 13.7. The quantitative estimate of drug-likeness (QED) is 0.687. The van der Waals surface area contributed by atoms with Gasteiger partial charge in [0.05, 0.1) is 34.8 Å². The topological polar surface area (TPSA) is 62.1 Å². The fourth-order valence-electron chi connectivity index (χ4n) is 3.84. The molecule has 5 nitrogen and oxygen atoms in total. The average molecular weight is 460 g/mol. The summed E-state index contributed by atoms with van der Waals surface area (Å²) in [5.74, 6) is -0.384. The molecule has 8 heteroatoms. The standard InChI is InChI=1S/C23H23ClFN3O2S/c1-4-31(29,30)13-15-5-7-18-20(11-15)23-17(9-10-28(3)27-23)14(2)26-22(18)19-8-6-16(25)12-21(19)24/h5-9,11-12,14H,4,10,13H2,1-3H3. The second-order valence-corrected chi connectivity index (χ2v) is 10.5. The van der Waals surface area contributed by atoms with E-state index in [4.69, 9.17) is 21.7 Å². The summed E-state index contributed by atoms with van der Waals surface area (Å²) in [5, 5.41) is 6.85. The number of aliphatic imine (C=N–C) groups is 1. The molecule has 0 bridgehead atoms. The molecule has 0 spiro atoms. The zero-order valence-electron chi connectivity index (χ0n) is 17.6. The Bertz CT molecular complexity index is 1250. The number of halogens is 2. The fourth-order valence-corrected chi connectivity index (χ4v) is 4.99. The number of hydrazone groups is 1. The molecule has 31 heavy (non-hydrogen) atoms. The summed E-state index contributed by atoms with van der Waals surface area (Å²) >= 11 is 6.39. The maximum Gasteiger partial charge on any atom is 0.154 e. The van der Waals surface area contributed by atoms with Gasteiger partial charge in [-0.05, 0) is 36.8 Å². The van der Waals surface area contributed by atoms with Crippen molar-refractivity contribution < 1.29 is 12.8 Å². The third-order valence-corrected chi connectivity index (χ3v) is 7.46. The summed E-state index contributed by atoms with van der Waals surface area (Å²) in [4.78, 5) is 4.93. The highest BCUT2D eigenvalue weighted by Crippen LogP contribution is 2.32. The molecule has 2 heterocycles. The van der Waals surface area contributed by atoms with Crippen molar-refractivity contribution in [1.29, 1.82) is 0 Å². The summed E-state index contributed by atoms with van der Waals surface area (Å²) in [6, 6.07) is 9.60. The van der Waals surface area contributed by atoms with Gasteiger partial charge in [-0.2, -0.15) is 5.10 Å². The van der Waals surface area contributed by atoms with E-state index in [0.29, 0.717) is 23.4 Å². The molecular formula is C23H23ClFN3O2S. The molecule has 2 aromatic rings. The van der Waals surface area contributed by atoms with Crippen molar-refractivity contribution in [1.82, 2.24) is 5.01 Å². The van der Waals surface area contributed by atoms with Gasteiger partial charge < -0.3 is 0 Å². The first-order valence-corrected chi connectivity index (χ1v) is 12.3. The van der Waals surface area contributed by atoms with Crippen molar-refractivity contribution in [3.8, 4) is 0 Å². The third-order valence-electron chi connectivity index (χ3n) is 5.50. The first-order chi connectivity index (χ1) is 14.7. The van der Waals surface area contributed by atoms with Gasteiger partial charge in [0.1, 0.15) is 5.82 Å². The van der Waals surface area contributed by atoms with Gasteiger partial charge in [-0.15, -0.1) is 0 Å². The molecule has 2 aromatic carbocycles. The summed E-state index contributed by atoms with van der Waals surface area (Å²) in [6.07, 6.45) is 2.09. The highest BCUT2D eigenvalue weighted by atomic mass is 35.5. The summed E-state index contributed by atoms with van der Waals surface area (Å²) < 4.78 is 38.1. The van der Waals surface area contributed by atoms with Gasteiger partial charge >= 0.3 is 0 Å². The van der Waals surface area contributed by atoms with E-state index in [1.165, 1.54) is 12.1 Å².